The van der Waals surface area contributed by atoms with Crippen LogP contribution in [-0.4, -0.2) is 57.4 Å². The van der Waals surface area contributed by atoms with E-state index in [1.807, 2.05) is 13.1 Å². The summed E-state index contributed by atoms with van der Waals surface area (Å²) in [5.74, 6) is 1.87. The van der Waals surface area contributed by atoms with Gasteiger partial charge in [-0.3, -0.25) is 4.99 Å². The monoisotopic (exact) mass is 481 g/mol. The van der Waals surface area contributed by atoms with Gasteiger partial charge >= 0.3 is 0 Å². The largest absolute Gasteiger partial charge is 0.492 e. The standard InChI is InChI=1S/C21H27N3O2.HI/c1-22-20(24-11-8-21(15-24)9-12-25-16-21)23-10-13-26-19-7-6-17-4-2-3-5-18(17)14-19;/h2-7,14H,8-13,15-16H2,1H3,(H,22,23);1H. The lowest BCUT2D eigenvalue weighted by Crippen LogP contribution is -2.42. The van der Waals surface area contributed by atoms with Crippen LogP contribution in [0.1, 0.15) is 12.8 Å². The summed E-state index contributed by atoms with van der Waals surface area (Å²) in [7, 11) is 1.85. The number of halogens is 1. The van der Waals surface area contributed by atoms with Crippen molar-refractivity contribution in [1.82, 2.24) is 10.2 Å². The molecule has 2 aromatic rings. The van der Waals surface area contributed by atoms with Crippen molar-refractivity contribution in [1.29, 1.82) is 0 Å². The lowest BCUT2D eigenvalue weighted by Gasteiger charge is -2.24. The van der Waals surface area contributed by atoms with E-state index in [-0.39, 0.29) is 24.0 Å². The van der Waals surface area contributed by atoms with Crippen LogP contribution in [-0.2, 0) is 4.74 Å². The third-order valence-electron chi connectivity index (χ3n) is 5.51. The molecule has 6 heteroatoms. The van der Waals surface area contributed by atoms with Gasteiger partial charge in [0.25, 0.3) is 0 Å². The van der Waals surface area contributed by atoms with Crippen LogP contribution in [0.3, 0.4) is 0 Å². The van der Waals surface area contributed by atoms with Gasteiger partial charge in [0, 0.05) is 32.2 Å². The number of guanidine groups is 1. The minimum Gasteiger partial charge on any atom is -0.492 e. The summed E-state index contributed by atoms with van der Waals surface area (Å²) in [4.78, 5) is 6.80. The van der Waals surface area contributed by atoms with E-state index in [2.05, 4.69) is 51.6 Å². The minimum atomic E-state index is 0. The molecule has 1 unspecified atom stereocenters. The third kappa shape index (κ3) is 4.66. The van der Waals surface area contributed by atoms with Crippen LogP contribution in [0.5, 0.6) is 5.75 Å². The zero-order chi connectivity index (χ0) is 17.8. The van der Waals surface area contributed by atoms with E-state index in [9.17, 15) is 0 Å². The van der Waals surface area contributed by atoms with Crippen LogP contribution in [0.2, 0.25) is 0 Å². The molecule has 2 saturated heterocycles. The van der Waals surface area contributed by atoms with Crippen molar-refractivity contribution in [3.05, 3.63) is 42.5 Å². The van der Waals surface area contributed by atoms with Gasteiger partial charge in [0.15, 0.2) is 5.96 Å². The Balaban J connectivity index is 0.00000210. The number of likely N-dealkylation sites (tertiary alicyclic amines) is 1. The molecule has 0 radical (unpaired) electrons. The molecule has 146 valence electrons. The number of benzene rings is 2. The highest BCUT2D eigenvalue weighted by Crippen LogP contribution is 2.38. The second-order valence-corrected chi connectivity index (χ2v) is 7.31. The smallest absolute Gasteiger partial charge is 0.193 e. The first-order valence-corrected chi connectivity index (χ1v) is 9.43. The molecule has 4 rings (SSSR count). The summed E-state index contributed by atoms with van der Waals surface area (Å²) in [6.07, 6.45) is 2.37. The first-order valence-electron chi connectivity index (χ1n) is 9.43. The van der Waals surface area contributed by atoms with E-state index in [4.69, 9.17) is 9.47 Å². The van der Waals surface area contributed by atoms with Gasteiger partial charge in [-0.15, -0.1) is 24.0 Å². The highest BCUT2D eigenvalue weighted by Gasteiger charge is 2.42. The Morgan fingerprint density at radius 3 is 2.85 bits per heavy atom. The Hall–Kier alpha value is -1.54. The third-order valence-corrected chi connectivity index (χ3v) is 5.51. The lowest BCUT2D eigenvalue weighted by molar-refractivity contribution is 0.156. The van der Waals surface area contributed by atoms with E-state index in [1.165, 1.54) is 23.6 Å². The Bertz CT molecular complexity index is 790. The van der Waals surface area contributed by atoms with E-state index in [0.29, 0.717) is 12.0 Å². The average Bonchev–Trinajstić information content (AvgIpc) is 3.32. The van der Waals surface area contributed by atoms with Crippen molar-refractivity contribution in [3.8, 4) is 5.75 Å². The van der Waals surface area contributed by atoms with Crippen molar-refractivity contribution in [3.63, 3.8) is 0 Å². The van der Waals surface area contributed by atoms with Gasteiger partial charge in [0.05, 0.1) is 13.2 Å². The fourth-order valence-corrected chi connectivity index (χ4v) is 4.01. The topological polar surface area (TPSA) is 46.1 Å². The molecule has 5 nitrogen and oxygen atoms in total. The molecule has 2 aromatic carbocycles. The summed E-state index contributed by atoms with van der Waals surface area (Å²) in [6.45, 7) is 5.23. The summed E-state index contributed by atoms with van der Waals surface area (Å²) >= 11 is 0. The van der Waals surface area contributed by atoms with Gasteiger partial charge in [0.1, 0.15) is 12.4 Å². The molecule has 1 atom stereocenters. The summed E-state index contributed by atoms with van der Waals surface area (Å²) in [5, 5.41) is 5.87. The molecule has 2 aliphatic heterocycles. The summed E-state index contributed by atoms with van der Waals surface area (Å²) in [5.41, 5.74) is 0.346. The van der Waals surface area contributed by atoms with E-state index in [1.54, 1.807) is 0 Å². The summed E-state index contributed by atoms with van der Waals surface area (Å²) < 4.78 is 11.5. The number of hydrogen-bond acceptors (Lipinski definition) is 3. The van der Waals surface area contributed by atoms with Crippen LogP contribution in [0, 0.1) is 5.41 Å². The van der Waals surface area contributed by atoms with Gasteiger partial charge < -0.3 is 19.7 Å². The van der Waals surface area contributed by atoms with Crippen LogP contribution in [0.25, 0.3) is 10.8 Å². The quantitative estimate of drug-likeness (QED) is 0.314. The molecular formula is C21H28IN3O2. The molecule has 0 aliphatic carbocycles. The normalized spacial score (nSPS) is 22.3. The molecule has 0 saturated carbocycles. The van der Waals surface area contributed by atoms with Crippen molar-refractivity contribution >= 4 is 40.7 Å². The highest BCUT2D eigenvalue weighted by atomic mass is 127. The van der Waals surface area contributed by atoms with Crippen LogP contribution >= 0.6 is 24.0 Å². The second kappa shape index (κ2) is 9.10. The van der Waals surface area contributed by atoms with Crippen LogP contribution in [0.15, 0.2) is 47.5 Å². The Kier molecular flexibility index (Phi) is 6.81. The Labute approximate surface area is 178 Å². The predicted octanol–water partition coefficient (Wildman–Crippen LogP) is 3.52. The molecule has 0 amide bonds. The van der Waals surface area contributed by atoms with E-state index < -0.39 is 0 Å². The molecule has 1 N–H and O–H groups in total. The van der Waals surface area contributed by atoms with E-state index >= 15 is 0 Å². The SMILES string of the molecule is CN=C(NCCOc1ccc2ccccc2c1)N1CCC2(CCOC2)C1.I. The van der Waals surface area contributed by atoms with Crippen LogP contribution < -0.4 is 10.1 Å². The van der Waals surface area contributed by atoms with Gasteiger partial charge in [-0.25, -0.2) is 0 Å². The van der Waals surface area contributed by atoms with Crippen molar-refractivity contribution < 1.29 is 9.47 Å². The van der Waals surface area contributed by atoms with Gasteiger partial charge in [-0.05, 0) is 35.7 Å². The second-order valence-electron chi connectivity index (χ2n) is 7.31. The average molecular weight is 481 g/mol. The number of fused-ring (bicyclic) bond motifs is 1. The van der Waals surface area contributed by atoms with Gasteiger partial charge in [0.2, 0.25) is 0 Å². The zero-order valence-electron chi connectivity index (χ0n) is 15.8. The summed E-state index contributed by atoms with van der Waals surface area (Å²) in [6, 6.07) is 14.6. The molecule has 0 bridgehead atoms. The fraction of sp³-hybridized carbons (Fsp3) is 0.476. The first-order chi connectivity index (χ1) is 12.8. The molecule has 2 aliphatic rings. The predicted molar refractivity (Wildman–Crippen MR) is 120 cm³/mol. The maximum Gasteiger partial charge on any atom is 0.193 e. The van der Waals surface area contributed by atoms with Gasteiger partial charge in [-0.1, -0.05) is 30.3 Å². The van der Waals surface area contributed by atoms with E-state index in [0.717, 1.165) is 44.6 Å². The highest BCUT2D eigenvalue weighted by molar-refractivity contribution is 14.0. The lowest BCUT2D eigenvalue weighted by atomic mass is 9.87. The number of rotatable bonds is 4. The maximum atomic E-state index is 5.91. The molecule has 2 fully saturated rings. The van der Waals surface area contributed by atoms with Gasteiger partial charge in [-0.2, -0.15) is 0 Å². The fourth-order valence-electron chi connectivity index (χ4n) is 4.01. The number of ether oxygens (including phenoxy) is 2. The zero-order valence-corrected chi connectivity index (χ0v) is 18.1. The number of aliphatic imine (C=N–C) groups is 1. The number of nitrogens with one attached hydrogen (secondary N) is 1. The molecule has 2 heterocycles. The minimum absolute atomic E-state index is 0. The Morgan fingerprint density at radius 2 is 2.07 bits per heavy atom. The Morgan fingerprint density at radius 1 is 1.22 bits per heavy atom. The van der Waals surface area contributed by atoms with Crippen molar-refractivity contribution in [2.24, 2.45) is 10.4 Å². The molecule has 27 heavy (non-hydrogen) atoms. The maximum absolute atomic E-state index is 5.91. The molecular weight excluding hydrogens is 453 g/mol. The number of hydrogen-bond donors (Lipinski definition) is 1. The van der Waals surface area contributed by atoms with Crippen molar-refractivity contribution in [2.75, 3.05) is 46.5 Å². The first kappa shape index (κ1) is 20.2. The van der Waals surface area contributed by atoms with Crippen molar-refractivity contribution in [2.45, 2.75) is 12.8 Å². The van der Waals surface area contributed by atoms with Crippen LogP contribution in [0.4, 0.5) is 0 Å². The number of nitrogens with zero attached hydrogens (tertiary/aromatic N) is 2. The molecule has 1 spiro atoms. The molecule has 0 aromatic heterocycles.